The van der Waals surface area contributed by atoms with Gasteiger partial charge in [-0.15, -0.1) is 13.2 Å². The van der Waals surface area contributed by atoms with Crippen LogP contribution in [0.15, 0.2) is 66.7 Å². The predicted molar refractivity (Wildman–Crippen MR) is 122 cm³/mol. The summed E-state index contributed by atoms with van der Waals surface area (Å²) < 4.78 is 81.8. The Labute approximate surface area is 207 Å². The van der Waals surface area contributed by atoms with E-state index in [1.165, 1.54) is 43.3 Å². The van der Waals surface area contributed by atoms with Crippen molar-refractivity contribution in [1.29, 1.82) is 0 Å². The molecule has 3 aromatic rings. The second-order valence-corrected chi connectivity index (χ2v) is 8.17. The van der Waals surface area contributed by atoms with E-state index >= 15 is 0 Å². The number of halogens is 6. The molecule has 0 saturated carbocycles. The van der Waals surface area contributed by atoms with Gasteiger partial charge in [-0.3, -0.25) is 9.59 Å². The minimum Gasteiger partial charge on any atom is -0.480 e. The Hall–Kier alpha value is -4.02. The van der Waals surface area contributed by atoms with Crippen LogP contribution in [0.25, 0.3) is 11.1 Å². The Morgan fingerprint density at radius 1 is 0.865 bits per heavy atom. The smallest absolute Gasteiger partial charge is 0.480 e. The maximum absolute atomic E-state index is 13.6. The summed E-state index contributed by atoms with van der Waals surface area (Å²) >= 11 is 0. The number of aryl methyl sites for hydroxylation is 2. The van der Waals surface area contributed by atoms with Crippen molar-refractivity contribution >= 4 is 11.9 Å². The zero-order valence-corrected chi connectivity index (χ0v) is 19.3. The van der Waals surface area contributed by atoms with Crippen LogP contribution in [0.3, 0.4) is 0 Å². The molecule has 0 aromatic heterocycles. The number of rotatable bonds is 8. The van der Waals surface area contributed by atoms with E-state index in [9.17, 15) is 35.9 Å². The second-order valence-electron chi connectivity index (χ2n) is 8.17. The monoisotopic (exact) mass is 525 g/mol. The highest BCUT2D eigenvalue weighted by atomic mass is 19.4. The number of benzene rings is 3. The number of hydrogen-bond donors (Lipinski definition) is 2. The molecule has 0 aliphatic carbocycles. The summed E-state index contributed by atoms with van der Waals surface area (Å²) in [4.78, 5) is 23.0. The Kier molecular flexibility index (Phi) is 8.15. The molecular formula is C26H21F6NO4. The average molecular weight is 525 g/mol. The highest BCUT2D eigenvalue weighted by Crippen LogP contribution is 2.35. The molecule has 0 saturated heterocycles. The van der Waals surface area contributed by atoms with Crippen molar-refractivity contribution in [2.75, 3.05) is 0 Å². The summed E-state index contributed by atoms with van der Waals surface area (Å²) in [7, 11) is 0. The van der Waals surface area contributed by atoms with Gasteiger partial charge in [0.15, 0.2) is 0 Å². The van der Waals surface area contributed by atoms with Crippen molar-refractivity contribution in [2.45, 2.75) is 38.3 Å². The molecule has 0 heterocycles. The number of nitrogens with one attached hydrogen (secondary N) is 1. The lowest BCUT2D eigenvalue weighted by atomic mass is 9.94. The maximum Gasteiger partial charge on any atom is 0.573 e. The van der Waals surface area contributed by atoms with Crippen molar-refractivity contribution in [1.82, 2.24) is 5.32 Å². The van der Waals surface area contributed by atoms with E-state index in [2.05, 4.69) is 10.1 Å². The molecule has 1 atom stereocenters. The Bertz CT molecular complexity index is 1250. The van der Waals surface area contributed by atoms with Crippen LogP contribution in [0.1, 0.15) is 34.0 Å². The van der Waals surface area contributed by atoms with Gasteiger partial charge in [0.25, 0.3) is 5.91 Å². The van der Waals surface area contributed by atoms with Gasteiger partial charge in [-0.05, 0) is 72.4 Å². The molecule has 0 fully saturated rings. The summed E-state index contributed by atoms with van der Waals surface area (Å²) in [5.41, 5.74) is 0.823. The topological polar surface area (TPSA) is 75.6 Å². The van der Waals surface area contributed by atoms with E-state index in [4.69, 9.17) is 5.11 Å². The molecule has 0 radical (unpaired) electrons. The van der Waals surface area contributed by atoms with Gasteiger partial charge in [0, 0.05) is 5.56 Å². The first kappa shape index (κ1) is 27.6. The third kappa shape index (κ3) is 7.73. The summed E-state index contributed by atoms with van der Waals surface area (Å²) in [6.45, 7) is 1.31. The van der Waals surface area contributed by atoms with Gasteiger partial charge >= 0.3 is 18.5 Å². The molecule has 2 N–H and O–H groups in total. The first-order chi connectivity index (χ1) is 17.2. The van der Waals surface area contributed by atoms with Crippen LogP contribution in [0, 0.1) is 0 Å². The normalized spacial score (nSPS) is 12.6. The molecule has 0 aliphatic heterocycles. The molecule has 3 aromatic carbocycles. The van der Waals surface area contributed by atoms with Crippen LogP contribution in [-0.2, 0) is 23.8 Å². The molecule has 5 nitrogen and oxygen atoms in total. The Morgan fingerprint density at radius 2 is 1.46 bits per heavy atom. The Balaban J connectivity index is 1.78. The van der Waals surface area contributed by atoms with E-state index in [1.54, 1.807) is 12.1 Å². The summed E-state index contributed by atoms with van der Waals surface area (Å²) in [5, 5.41) is 11.2. The van der Waals surface area contributed by atoms with E-state index in [0.717, 1.165) is 18.2 Å². The van der Waals surface area contributed by atoms with Gasteiger partial charge in [0.2, 0.25) is 0 Å². The van der Waals surface area contributed by atoms with E-state index in [-0.39, 0.29) is 24.0 Å². The van der Waals surface area contributed by atoms with Crippen molar-refractivity contribution in [3.8, 4) is 16.9 Å². The zero-order valence-electron chi connectivity index (χ0n) is 19.3. The number of alkyl halides is 6. The number of carbonyl (C=O) groups excluding carboxylic acids is 1. The average Bonchev–Trinajstić information content (AvgIpc) is 2.81. The minimum atomic E-state index is -4.86. The van der Waals surface area contributed by atoms with E-state index in [0.29, 0.717) is 16.7 Å². The lowest BCUT2D eigenvalue weighted by Gasteiger charge is -2.15. The predicted octanol–water partition coefficient (Wildman–Crippen LogP) is 6.26. The quantitative estimate of drug-likeness (QED) is 0.341. The molecule has 1 amide bonds. The van der Waals surface area contributed by atoms with Crippen molar-refractivity contribution < 1.29 is 45.8 Å². The van der Waals surface area contributed by atoms with Crippen LogP contribution in [0.2, 0.25) is 0 Å². The third-order valence-corrected chi connectivity index (χ3v) is 5.45. The highest BCUT2D eigenvalue weighted by Gasteiger charge is 2.33. The van der Waals surface area contributed by atoms with Crippen LogP contribution < -0.4 is 10.1 Å². The number of carbonyl (C=O) groups is 2. The van der Waals surface area contributed by atoms with Gasteiger partial charge in [-0.2, -0.15) is 13.2 Å². The molecular weight excluding hydrogens is 504 g/mol. The van der Waals surface area contributed by atoms with Crippen LogP contribution >= 0.6 is 0 Å². The molecule has 0 unspecified atom stereocenters. The Morgan fingerprint density at radius 3 is 2.00 bits per heavy atom. The van der Waals surface area contributed by atoms with Gasteiger partial charge in [-0.1, -0.05) is 36.4 Å². The molecule has 0 aliphatic rings. The summed E-state index contributed by atoms with van der Waals surface area (Å²) in [6.07, 6.45) is -9.26. The third-order valence-electron chi connectivity index (χ3n) is 5.45. The summed E-state index contributed by atoms with van der Waals surface area (Å²) in [6, 6.07) is 13.3. The zero-order chi connectivity index (χ0) is 27.4. The lowest BCUT2D eigenvalue weighted by Crippen LogP contribution is -2.38. The van der Waals surface area contributed by atoms with Gasteiger partial charge in [0.1, 0.15) is 11.8 Å². The lowest BCUT2D eigenvalue weighted by molar-refractivity contribution is -0.274. The molecule has 37 heavy (non-hydrogen) atoms. The minimum absolute atomic E-state index is 0.000453. The first-order valence-electron chi connectivity index (χ1n) is 10.9. The van der Waals surface area contributed by atoms with Crippen molar-refractivity contribution in [3.05, 3.63) is 89.0 Å². The SMILES string of the molecule is C[C@H](NC(=O)c1ccc(CCc2cc(-c3ccc(OC(F)(F)F)cc3)ccc2C(F)(F)F)cc1)C(=O)O. The van der Waals surface area contributed by atoms with Gasteiger partial charge in [0.05, 0.1) is 5.56 Å². The van der Waals surface area contributed by atoms with Crippen LogP contribution in [0.5, 0.6) is 5.75 Å². The standard InChI is InChI=1S/C26H21F6NO4/c1-15(24(35)36)33-23(34)18-5-2-16(3-6-18)4-7-20-14-19(10-13-22(20)25(27,28)29)17-8-11-21(12-9-17)37-26(30,31)32/h2-3,5-6,8-15H,4,7H2,1H3,(H,33,34)(H,35,36)/t15-/m0/s1. The van der Waals surface area contributed by atoms with E-state index in [1.807, 2.05) is 0 Å². The molecule has 196 valence electrons. The number of ether oxygens (including phenoxy) is 1. The van der Waals surface area contributed by atoms with E-state index < -0.39 is 41.8 Å². The fourth-order valence-electron chi connectivity index (χ4n) is 3.55. The van der Waals surface area contributed by atoms with Crippen LogP contribution in [0.4, 0.5) is 26.3 Å². The van der Waals surface area contributed by atoms with Crippen molar-refractivity contribution in [3.63, 3.8) is 0 Å². The maximum atomic E-state index is 13.6. The van der Waals surface area contributed by atoms with Gasteiger partial charge < -0.3 is 15.2 Å². The summed E-state index contributed by atoms with van der Waals surface area (Å²) in [5.74, 6) is -2.24. The number of amides is 1. The number of carboxylic acids is 1. The molecule has 11 heteroatoms. The number of hydrogen-bond acceptors (Lipinski definition) is 3. The fourth-order valence-corrected chi connectivity index (χ4v) is 3.55. The van der Waals surface area contributed by atoms with Crippen molar-refractivity contribution in [2.24, 2.45) is 0 Å². The molecule has 0 bridgehead atoms. The second kappa shape index (κ2) is 10.9. The fraction of sp³-hybridized carbons (Fsp3) is 0.231. The first-order valence-corrected chi connectivity index (χ1v) is 10.9. The van der Waals surface area contributed by atoms with Gasteiger partial charge in [-0.25, -0.2) is 0 Å². The van der Waals surface area contributed by atoms with Crippen LogP contribution in [-0.4, -0.2) is 29.4 Å². The molecule has 0 spiro atoms. The highest BCUT2D eigenvalue weighted by molar-refractivity contribution is 5.96. The number of carboxylic acid groups (broad SMARTS) is 1. The number of aliphatic carboxylic acids is 1. The molecule has 3 rings (SSSR count). The largest absolute Gasteiger partial charge is 0.573 e.